The van der Waals surface area contributed by atoms with Gasteiger partial charge in [-0.3, -0.25) is 4.98 Å². The number of carbonyl (C=O) groups is 2. The molecule has 21 heavy (non-hydrogen) atoms. The Morgan fingerprint density at radius 1 is 1.48 bits per heavy atom. The first-order chi connectivity index (χ1) is 10.1. The van der Waals surface area contributed by atoms with E-state index in [0.29, 0.717) is 17.4 Å². The van der Waals surface area contributed by atoms with Crippen LogP contribution in [-0.2, 0) is 4.74 Å². The van der Waals surface area contributed by atoms with Crippen molar-refractivity contribution in [1.29, 1.82) is 0 Å². The number of carboxylic acids is 1. The van der Waals surface area contributed by atoms with Gasteiger partial charge in [-0.05, 0) is 6.07 Å². The number of amides is 1. The number of cyclic esters (lactones) is 1. The second-order valence-electron chi connectivity index (χ2n) is 4.54. The minimum absolute atomic E-state index is 0.0536. The number of nitrogens with one attached hydrogen (secondary N) is 1. The summed E-state index contributed by atoms with van der Waals surface area (Å²) >= 11 is 0. The third-order valence-electron chi connectivity index (χ3n) is 3.13. The van der Waals surface area contributed by atoms with Crippen LogP contribution >= 0.6 is 0 Å². The summed E-state index contributed by atoms with van der Waals surface area (Å²) in [7, 11) is 0. The van der Waals surface area contributed by atoms with Gasteiger partial charge in [-0.2, -0.15) is 0 Å². The number of hydrogen-bond donors (Lipinski definition) is 2. The summed E-state index contributed by atoms with van der Waals surface area (Å²) in [6.45, 7) is 0.404. The van der Waals surface area contributed by atoms with Crippen LogP contribution in [0, 0.1) is 0 Å². The first-order valence-corrected chi connectivity index (χ1v) is 6.33. The lowest BCUT2D eigenvalue weighted by molar-refractivity contribution is 0.0686. The van der Waals surface area contributed by atoms with E-state index in [1.54, 1.807) is 24.3 Å². The van der Waals surface area contributed by atoms with E-state index in [1.165, 1.54) is 6.20 Å². The summed E-state index contributed by atoms with van der Waals surface area (Å²) in [5, 5.41) is 12.4. The number of nitrogens with zero attached hydrogens (tertiary/aromatic N) is 1. The number of hydrogen-bond acceptors (Lipinski definition) is 5. The highest BCUT2D eigenvalue weighted by Gasteiger charge is 2.24. The van der Waals surface area contributed by atoms with Crippen LogP contribution in [0.1, 0.15) is 10.4 Å². The number of pyridine rings is 1. The highest BCUT2D eigenvalue weighted by atomic mass is 16.6. The van der Waals surface area contributed by atoms with Gasteiger partial charge in [0.25, 0.3) is 0 Å². The Hall–Kier alpha value is -2.83. The molecule has 2 aromatic rings. The molecule has 1 aromatic carbocycles. The van der Waals surface area contributed by atoms with Crippen molar-refractivity contribution in [1.82, 2.24) is 10.3 Å². The molecule has 0 radical (unpaired) electrons. The van der Waals surface area contributed by atoms with Gasteiger partial charge in [0.05, 0.1) is 18.3 Å². The van der Waals surface area contributed by atoms with Crippen molar-refractivity contribution in [3.63, 3.8) is 0 Å². The summed E-state index contributed by atoms with van der Waals surface area (Å²) in [5.41, 5.74) is 0.633. The fraction of sp³-hybridized carbons (Fsp3) is 0.214. The molecule has 1 amide bonds. The number of aromatic nitrogens is 1. The summed E-state index contributed by atoms with van der Waals surface area (Å²) in [6, 6.07) is 6.93. The van der Waals surface area contributed by atoms with Crippen LogP contribution in [0.2, 0.25) is 0 Å². The van der Waals surface area contributed by atoms with E-state index < -0.39 is 18.2 Å². The Balaban J connectivity index is 1.89. The summed E-state index contributed by atoms with van der Waals surface area (Å²) < 4.78 is 10.4. The molecule has 1 saturated heterocycles. The van der Waals surface area contributed by atoms with Crippen LogP contribution in [0.3, 0.4) is 0 Å². The molecule has 1 fully saturated rings. The lowest BCUT2D eigenvalue weighted by Crippen LogP contribution is -2.22. The summed E-state index contributed by atoms with van der Waals surface area (Å²) in [4.78, 5) is 26.6. The van der Waals surface area contributed by atoms with Crippen molar-refractivity contribution in [3.8, 4) is 5.75 Å². The zero-order chi connectivity index (χ0) is 14.8. The van der Waals surface area contributed by atoms with Gasteiger partial charge in [-0.1, -0.05) is 18.2 Å². The number of aromatic carboxylic acids is 1. The zero-order valence-electron chi connectivity index (χ0n) is 10.9. The molecule has 0 bridgehead atoms. The second kappa shape index (κ2) is 5.28. The molecule has 1 aliphatic rings. The van der Waals surface area contributed by atoms with Gasteiger partial charge in [0.15, 0.2) is 11.9 Å². The average molecular weight is 288 g/mol. The molecule has 7 heteroatoms. The maximum Gasteiger partial charge on any atom is 0.407 e. The number of rotatable bonds is 4. The molecule has 1 atom stereocenters. The van der Waals surface area contributed by atoms with Gasteiger partial charge in [-0.15, -0.1) is 0 Å². The monoisotopic (exact) mass is 288 g/mol. The maximum atomic E-state index is 11.5. The molecule has 1 aliphatic heterocycles. The Morgan fingerprint density at radius 2 is 2.29 bits per heavy atom. The molecule has 1 aromatic heterocycles. The quantitative estimate of drug-likeness (QED) is 0.883. The van der Waals surface area contributed by atoms with Crippen molar-refractivity contribution in [2.24, 2.45) is 0 Å². The Morgan fingerprint density at radius 3 is 3.00 bits per heavy atom. The van der Waals surface area contributed by atoms with Crippen molar-refractivity contribution in [2.45, 2.75) is 6.10 Å². The standard InChI is InChI=1S/C14H12N2O5/c17-13(18)12-9-3-1-2-4-10(9)15-6-11(12)20-7-8-5-16-14(19)21-8/h1-4,6,8H,5,7H2,(H,16,19)(H,17,18). The molecular weight excluding hydrogens is 276 g/mol. The molecule has 108 valence electrons. The highest BCUT2D eigenvalue weighted by molar-refractivity contribution is 6.04. The van der Waals surface area contributed by atoms with Crippen molar-refractivity contribution in [2.75, 3.05) is 13.2 Å². The molecule has 3 rings (SSSR count). The normalized spacial score (nSPS) is 17.3. The molecule has 0 spiro atoms. The summed E-state index contributed by atoms with van der Waals surface area (Å²) in [5.74, 6) is -0.936. The molecule has 7 nitrogen and oxygen atoms in total. The van der Waals surface area contributed by atoms with E-state index in [2.05, 4.69) is 10.3 Å². The third-order valence-corrected chi connectivity index (χ3v) is 3.13. The minimum Gasteiger partial charge on any atom is -0.487 e. The lowest BCUT2D eigenvalue weighted by Gasteiger charge is -2.13. The molecule has 1 unspecified atom stereocenters. The zero-order valence-corrected chi connectivity index (χ0v) is 10.9. The first-order valence-electron chi connectivity index (χ1n) is 6.33. The third kappa shape index (κ3) is 2.58. The van der Waals surface area contributed by atoms with E-state index in [1.807, 2.05) is 0 Å². The van der Waals surface area contributed by atoms with E-state index in [-0.39, 0.29) is 17.9 Å². The van der Waals surface area contributed by atoms with Gasteiger partial charge in [0.2, 0.25) is 0 Å². The van der Waals surface area contributed by atoms with Crippen LogP contribution < -0.4 is 10.1 Å². The van der Waals surface area contributed by atoms with Gasteiger partial charge < -0.3 is 19.9 Å². The fourth-order valence-corrected chi connectivity index (χ4v) is 2.16. The van der Waals surface area contributed by atoms with Gasteiger partial charge in [-0.25, -0.2) is 9.59 Å². The SMILES string of the molecule is O=C1NCC(COc2cnc3ccccc3c2C(=O)O)O1. The van der Waals surface area contributed by atoms with Crippen LogP contribution in [0.4, 0.5) is 4.79 Å². The summed E-state index contributed by atoms with van der Waals surface area (Å²) in [6.07, 6.45) is 0.431. The second-order valence-corrected chi connectivity index (χ2v) is 4.54. The van der Waals surface area contributed by atoms with Crippen molar-refractivity contribution >= 4 is 23.0 Å². The first kappa shape index (κ1) is 13.2. The van der Waals surface area contributed by atoms with Crippen molar-refractivity contribution in [3.05, 3.63) is 36.0 Å². The number of fused-ring (bicyclic) bond motifs is 1. The van der Waals surface area contributed by atoms with Crippen LogP contribution in [0.25, 0.3) is 10.9 Å². The van der Waals surface area contributed by atoms with Gasteiger partial charge >= 0.3 is 12.1 Å². The Kier molecular flexibility index (Phi) is 3.31. The largest absolute Gasteiger partial charge is 0.487 e. The smallest absolute Gasteiger partial charge is 0.407 e. The predicted octanol–water partition coefficient (Wildman–Crippen LogP) is 1.42. The van der Waals surface area contributed by atoms with Crippen LogP contribution in [-0.4, -0.2) is 41.4 Å². The van der Waals surface area contributed by atoms with E-state index in [9.17, 15) is 14.7 Å². The van der Waals surface area contributed by atoms with Crippen molar-refractivity contribution < 1.29 is 24.2 Å². The van der Waals surface area contributed by atoms with E-state index in [0.717, 1.165) is 0 Å². The minimum atomic E-state index is -1.09. The number of ether oxygens (including phenoxy) is 2. The maximum absolute atomic E-state index is 11.5. The van der Waals surface area contributed by atoms with E-state index >= 15 is 0 Å². The van der Waals surface area contributed by atoms with Crippen LogP contribution in [0.15, 0.2) is 30.5 Å². The average Bonchev–Trinajstić information content (AvgIpc) is 2.89. The lowest BCUT2D eigenvalue weighted by atomic mass is 10.1. The number of para-hydroxylation sites is 1. The Bertz CT molecular complexity index is 716. The highest BCUT2D eigenvalue weighted by Crippen LogP contribution is 2.26. The number of benzene rings is 1. The Labute approximate surface area is 119 Å². The van der Waals surface area contributed by atoms with Gasteiger partial charge in [0, 0.05) is 5.39 Å². The number of carboxylic acid groups (broad SMARTS) is 1. The van der Waals surface area contributed by atoms with Gasteiger partial charge in [0.1, 0.15) is 12.2 Å². The molecule has 0 aliphatic carbocycles. The predicted molar refractivity (Wildman–Crippen MR) is 72.5 cm³/mol. The van der Waals surface area contributed by atoms with E-state index in [4.69, 9.17) is 9.47 Å². The molecule has 2 N–H and O–H groups in total. The van der Waals surface area contributed by atoms with Crippen LogP contribution in [0.5, 0.6) is 5.75 Å². The molecule has 0 saturated carbocycles. The number of carbonyl (C=O) groups excluding carboxylic acids is 1. The molecular formula is C14H12N2O5. The fourth-order valence-electron chi connectivity index (χ4n) is 2.16. The topological polar surface area (TPSA) is 97.8 Å². The molecule has 2 heterocycles. The number of alkyl carbamates (subject to hydrolysis) is 1.